The van der Waals surface area contributed by atoms with E-state index < -0.39 is 0 Å². The van der Waals surface area contributed by atoms with Gasteiger partial charge in [-0.05, 0) is 37.5 Å². The normalized spacial score (nSPS) is 34.4. The molecule has 2 aliphatic rings. The van der Waals surface area contributed by atoms with Crippen LogP contribution >= 0.6 is 0 Å². The van der Waals surface area contributed by atoms with Crippen LogP contribution in [0.25, 0.3) is 0 Å². The summed E-state index contributed by atoms with van der Waals surface area (Å²) in [5, 5.41) is 9.61. The lowest BCUT2D eigenvalue weighted by atomic mass is 9.75. The second-order valence-corrected chi connectivity index (χ2v) is 5.16. The van der Waals surface area contributed by atoms with Gasteiger partial charge in [0.05, 0.1) is 6.10 Å². The van der Waals surface area contributed by atoms with Crippen LogP contribution < -0.4 is 0 Å². The molecule has 2 aliphatic carbocycles. The molecule has 0 heterocycles. The summed E-state index contributed by atoms with van der Waals surface area (Å²) < 4.78 is 0. The highest BCUT2D eigenvalue weighted by molar-refractivity contribution is 4.89. The Morgan fingerprint density at radius 1 is 0.846 bits per heavy atom. The summed E-state index contributed by atoms with van der Waals surface area (Å²) >= 11 is 0. The molecule has 0 radical (unpaired) electrons. The van der Waals surface area contributed by atoms with Gasteiger partial charge in [0.25, 0.3) is 0 Å². The minimum atomic E-state index is 0.0272. The molecule has 1 unspecified atom stereocenters. The number of aliphatic hydroxyl groups is 1. The Bertz CT molecular complexity index is 157. The average Bonchev–Trinajstić information content (AvgIpc) is 2.42. The molecule has 1 atom stereocenters. The molecule has 0 aliphatic heterocycles. The third-order valence-electron chi connectivity index (χ3n) is 4.09. The van der Waals surface area contributed by atoms with E-state index in [1.54, 1.807) is 0 Å². The first-order valence-corrected chi connectivity index (χ1v) is 5.99. The summed E-state index contributed by atoms with van der Waals surface area (Å²) in [4.78, 5) is 0. The summed E-state index contributed by atoms with van der Waals surface area (Å²) in [5.41, 5.74) is 0.569. The molecular formula is C12H22O. The second kappa shape index (κ2) is 4.00. The lowest BCUT2D eigenvalue weighted by molar-refractivity contribution is 0.142. The molecule has 1 nitrogen and oxygen atoms in total. The van der Waals surface area contributed by atoms with Crippen LogP contribution in [-0.4, -0.2) is 11.2 Å². The van der Waals surface area contributed by atoms with E-state index in [0.29, 0.717) is 5.41 Å². The molecule has 1 heteroatoms. The fraction of sp³-hybridized carbons (Fsp3) is 1.00. The maximum absolute atomic E-state index is 9.61. The van der Waals surface area contributed by atoms with Crippen molar-refractivity contribution >= 4 is 0 Å². The van der Waals surface area contributed by atoms with Gasteiger partial charge in [0.2, 0.25) is 0 Å². The van der Waals surface area contributed by atoms with Gasteiger partial charge in [-0.3, -0.25) is 0 Å². The molecule has 76 valence electrons. The Hall–Kier alpha value is -0.0400. The minimum Gasteiger partial charge on any atom is -0.393 e. The predicted molar refractivity (Wildman–Crippen MR) is 54.6 cm³/mol. The fourth-order valence-electron chi connectivity index (χ4n) is 3.29. The van der Waals surface area contributed by atoms with Gasteiger partial charge in [-0.2, -0.15) is 0 Å². The van der Waals surface area contributed by atoms with E-state index in [4.69, 9.17) is 0 Å². The maximum atomic E-state index is 9.61. The van der Waals surface area contributed by atoms with Crippen LogP contribution in [0.15, 0.2) is 0 Å². The molecule has 2 rings (SSSR count). The first kappa shape index (κ1) is 9.51. The molecule has 0 aromatic heterocycles. The summed E-state index contributed by atoms with van der Waals surface area (Å²) in [6, 6.07) is 0. The molecule has 0 aromatic carbocycles. The van der Waals surface area contributed by atoms with E-state index in [1.807, 2.05) is 0 Å². The van der Waals surface area contributed by atoms with Crippen molar-refractivity contribution in [2.75, 3.05) is 0 Å². The quantitative estimate of drug-likeness (QED) is 0.609. The lowest BCUT2D eigenvalue weighted by Gasteiger charge is -2.31. The van der Waals surface area contributed by atoms with Crippen molar-refractivity contribution < 1.29 is 5.11 Å². The summed E-state index contributed by atoms with van der Waals surface area (Å²) in [5.74, 6) is 0. The SMILES string of the molecule is OC1CCC2(CCCCCCC2)C1. The van der Waals surface area contributed by atoms with E-state index in [1.165, 1.54) is 51.4 Å². The Kier molecular flexibility index (Phi) is 2.92. The maximum Gasteiger partial charge on any atom is 0.0545 e. The van der Waals surface area contributed by atoms with E-state index >= 15 is 0 Å². The standard InChI is InChI=1S/C12H22O/c13-11-6-9-12(10-11)7-4-2-1-3-5-8-12/h11,13H,1-10H2. The molecule has 2 saturated carbocycles. The molecule has 1 spiro atoms. The minimum absolute atomic E-state index is 0.0272. The van der Waals surface area contributed by atoms with Crippen LogP contribution in [0.3, 0.4) is 0 Å². The molecule has 0 aromatic rings. The van der Waals surface area contributed by atoms with Crippen molar-refractivity contribution in [2.24, 2.45) is 5.41 Å². The summed E-state index contributed by atoms with van der Waals surface area (Å²) in [6.07, 6.45) is 13.4. The molecule has 0 amide bonds. The van der Waals surface area contributed by atoms with Gasteiger partial charge in [0, 0.05) is 0 Å². The van der Waals surface area contributed by atoms with Crippen LogP contribution in [0.1, 0.15) is 64.2 Å². The van der Waals surface area contributed by atoms with Gasteiger partial charge >= 0.3 is 0 Å². The molecule has 1 N–H and O–H groups in total. The van der Waals surface area contributed by atoms with Crippen molar-refractivity contribution in [3.05, 3.63) is 0 Å². The van der Waals surface area contributed by atoms with Crippen LogP contribution in [0.2, 0.25) is 0 Å². The highest BCUT2D eigenvalue weighted by Gasteiger charge is 2.37. The molecule has 0 bridgehead atoms. The summed E-state index contributed by atoms with van der Waals surface area (Å²) in [6.45, 7) is 0. The largest absolute Gasteiger partial charge is 0.393 e. The molecule has 2 fully saturated rings. The number of rotatable bonds is 0. The zero-order chi connectivity index (χ0) is 9.15. The third-order valence-corrected chi connectivity index (χ3v) is 4.09. The zero-order valence-corrected chi connectivity index (χ0v) is 8.60. The fourth-order valence-corrected chi connectivity index (χ4v) is 3.29. The smallest absolute Gasteiger partial charge is 0.0545 e. The Labute approximate surface area is 81.5 Å². The van der Waals surface area contributed by atoms with E-state index in [-0.39, 0.29) is 6.10 Å². The third kappa shape index (κ3) is 2.25. The van der Waals surface area contributed by atoms with Crippen LogP contribution in [-0.2, 0) is 0 Å². The van der Waals surface area contributed by atoms with Crippen LogP contribution in [0.4, 0.5) is 0 Å². The molecular weight excluding hydrogens is 160 g/mol. The van der Waals surface area contributed by atoms with Gasteiger partial charge in [0.15, 0.2) is 0 Å². The molecule has 0 saturated heterocycles. The zero-order valence-electron chi connectivity index (χ0n) is 8.60. The van der Waals surface area contributed by atoms with Crippen molar-refractivity contribution in [1.82, 2.24) is 0 Å². The Morgan fingerprint density at radius 3 is 2.00 bits per heavy atom. The first-order chi connectivity index (χ1) is 6.31. The van der Waals surface area contributed by atoms with Crippen molar-refractivity contribution in [3.63, 3.8) is 0 Å². The number of hydrogen-bond donors (Lipinski definition) is 1. The van der Waals surface area contributed by atoms with Gasteiger partial charge < -0.3 is 5.11 Å². The average molecular weight is 182 g/mol. The van der Waals surface area contributed by atoms with Gasteiger partial charge in [-0.1, -0.05) is 32.1 Å². The Balaban J connectivity index is 1.94. The highest BCUT2D eigenvalue weighted by Crippen LogP contribution is 2.47. The van der Waals surface area contributed by atoms with Gasteiger partial charge in [-0.15, -0.1) is 0 Å². The van der Waals surface area contributed by atoms with Crippen molar-refractivity contribution in [1.29, 1.82) is 0 Å². The first-order valence-electron chi connectivity index (χ1n) is 5.99. The van der Waals surface area contributed by atoms with Crippen LogP contribution in [0.5, 0.6) is 0 Å². The van der Waals surface area contributed by atoms with E-state index in [2.05, 4.69) is 0 Å². The second-order valence-electron chi connectivity index (χ2n) is 5.16. The van der Waals surface area contributed by atoms with E-state index in [0.717, 1.165) is 12.8 Å². The van der Waals surface area contributed by atoms with Crippen LogP contribution in [0, 0.1) is 5.41 Å². The van der Waals surface area contributed by atoms with Gasteiger partial charge in [0.1, 0.15) is 0 Å². The topological polar surface area (TPSA) is 20.2 Å². The lowest BCUT2D eigenvalue weighted by Crippen LogP contribution is -2.19. The van der Waals surface area contributed by atoms with Crippen molar-refractivity contribution in [2.45, 2.75) is 70.3 Å². The number of aliphatic hydroxyl groups excluding tert-OH is 1. The molecule has 13 heavy (non-hydrogen) atoms. The Morgan fingerprint density at radius 2 is 1.46 bits per heavy atom. The summed E-state index contributed by atoms with van der Waals surface area (Å²) in [7, 11) is 0. The highest BCUT2D eigenvalue weighted by atomic mass is 16.3. The monoisotopic (exact) mass is 182 g/mol. The predicted octanol–water partition coefficient (Wildman–Crippen LogP) is 3.26. The van der Waals surface area contributed by atoms with Gasteiger partial charge in [-0.25, -0.2) is 0 Å². The van der Waals surface area contributed by atoms with Crippen molar-refractivity contribution in [3.8, 4) is 0 Å². The van der Waals surface area contributed by atoms with E-state index in [9.17, 15) is 5.11 Å². The number of hydrogen-bond acceptors (Lipinski definition) is 1.